The lowest BCUT2D eigenvalue weighted by Gasteiger charge is -2.14. The van der Waals surface area contributed by atoms with E-state index in [1.807, 2.05) is 43.5 Å². The van der Waals surface area contributed by atoms with E-state index >= 15 is 0 Å². The van der Waals surface area contributed by atoms with Crippen molar-refractivity contribution in [3.63, 3.8) is 0 Å². The van der Waals surface area contributed by atoms with Gasteiger partial charge in [0.05, 0.1) is 17.5 Å². The summed E-state index contributed by atoms with van der Waals surface area (Å²) in [4.78, 5) is 17.8. The molecular formula is C22H22ClN3O2S. The fourth-order valence-corrected chi connectivity index (χ4v) is 3.66. The number of thioether (sulfide) groups is 1. The van der Waals surface area contributed by atoms with Gasteiger partial charge in [-0.1, -0.05) is 29.8 Å². The number of carbonyl (C=O) groups excluding carboxylic acids is 1. The zero-order valence-corrected chi connectivity index (χ0v) is 18.0. The van der Waals surface area contributed by atoms with Crippen molar-refractivity contribution >= 4 is 45.9 Å². The molecule has 150 valence electrons. The first kappa shape index (κ1) is 21.0. The molecule has 2 N–H and O–H groups in total. The summed E-state index contributed by atoms with van der Waals surface area (Å²) in [5, 5.41) is 7.94. The highest BCUT2D eigenvalue weighted by Crippen LogP contribution is 2.23. The Morgan fingerprint density at radius 2 is 1.90 bits per heavy atom. The van der Waals surface area contributed by atoms with Crippen LogP contribution in [0, 0.1) is 0 Å². The van der Waals surface area contributed by atoms with E-state index in [0.29, 0.717) is 28.0 Å². The van der Waals surface area contributed by atoms with Gasteiger partial charge in [-0.2, -0.15) is 0 Å². The van der Waals surface area contributed by atoms with Crippen molar-refractivity contribution in [2.24, 2.45) is 0 Å². The number of halogens is 1. The van der Waals surface area contributed by atoms with Crippen LogP contribution in [0.2, 0.25) is 5.02 Å². The number of ether oxygens (including phenoxy) is 1. The van der Waals surface area contributed by atoms with Crippen LogP contribution in [0.1, 0.15) is 12.5 Å². The van der Waals surface area contributed by atoms with Crippen molar-refractivity contribution in [2.75, 3.05) is 18.7 Å². The van der Waals surface area contributed by atoms with Crippen LogP contribution in [0.25, 0.3) is 10.9 Å². The highest BCUT2D eigenvalue weighted by Gasteiger charge is 2.13. The second-order valence-corrected chi connectivity index (χ2v) is 7.57. The van der Waals surface area contributed by atoms with Gasteiger partial charge in [0, 0.05) is 34.4 Å². The summed E-state index contributed by atoms with van der Waals surface area (Å²) in [6, 6.07) is 16.9. The van der Waals surface area contributed by atoms with Crippen molar-refractivity contribution in [3.8, 4) is 5.88 Å². The van der Waals surface area contributed by atoms with E-state index < -0.39 is 0 Å². The zero-order valence-electron chi connectivity index (χ0n) is 16.5. The third-order valence-corrected chi connectivity index (χ3v) is 5.54. The molecule has 0 saturated carbocycles. The Morgan fingerprint density at radius 1 is 1.17 bits per heavy atom. The summed E-state index contributed by atoms with van der Waals surface area (Å²) in [6.07, 6.45) is 1.88. The van der Waals surface area contributed by atoms with Gasteiger partial charge in [-0.15, -0.1) is 11.8 Å². The molecule has 0 fully saturated rings. The van der Waals surface area contributed by atoms with Crippen LogP contribution in [0.15, 0.2) is 65.2 Å². The number of hydrogen-bond acceptors (Lipinski definition) is 5. The number of benzene rings is 2. The second kappa shape index (κ2) is 9.67. The van der Waals surface area contributed by atoms with Crippen molar-refractivity contribution in [1.29, 1.82) is 0 Å². The summed E-state index contributed by atoms with van der Waals surface area (Å²) in [6.45, 7) is 2.44. The Balaban J connectivity index is 1.79. The van der Waals surface area contributed by atoms with Crippen LogP contribution >= 0.6 is 23.4 Å². The number of rotatable bonds is 7. The van der Waals surface area contributed by atoms with E-state index in [4.69, 9.17) is 16.3 Å². The summed E-state index contributed by atoms with van der Waals surface area (Å²) in [5.41, 5.74) is 3.41. The van der Waals surface area contributed by atoms with Gasteiger partial charge in [0.2, 0.25) is 5.88 Å². The molecule has 3 rings (SSSR count). The lowest BCUT2D eigenvalue weighted by atomic mass is 10.1. The van der Waals surface area contributed by atoms with E-state index in [1.54, 1.807) is 31.4 Å². The van der Waals surface area contributed by atoms with Crippen LogP contribution in [-0.2, 0) is 11.3 Å². The summed E-state index contributed by atoms with van der Waals surface area (Å²) < 4.78 is 5.32. The van der Waals surface area contributed by atoms with Crippen molar-refractivity contribution in [3.05, 3.63) is 75.8 Å². The first-order chi connectivity index (χ1) is 14.0. The molecule has 0 radical (unpaired) electrons. The van der Waals surface area contributed by atoms with Gasteiger partial charge in [-0.05, 0) is 49.1 Å². The Hall–Kier alpha value is -2.70. The summed E-state index contributed by atoms with van der Waals surface area (Å²) >= 11 is 7.30. The number of allylic oxidation sites excluding steroid dienone is 1. The first-order valence-corrected chi connectivity index (χ1v) is 10.6. The Morgan fingerprint density at radius 3 is 2.59 bits per heavy atom. The molecule has 7 heteroatoms. The Labute approximate surface area is 179 Å². The van der Waals surface area contributed by atoms with Gasteiger partial charge < -0.3 is 15.4 Å². The van der Waals surface area contributed by atoms with Gasteiger partial charge in [0.25, 0.3) is 5.91 Å². The van der Waals surface area contributed by atoms with Crippen LogP contribution in [-0.4, -0.2) is 24.3 Å². The first-order valence-electron chi connectivity index (χ1n) is 9.00. The largest absolute Gasteiger partial charge is 0.481 e. The molecule has 0 atom stereocenters. The number of nitrogens with one attached hydrogen (secondary N) is 2. The van der Waals surface area contributed by atoms with E-state index in [1.165, 1.54) is 11.8 Å². The van der Waals surface area contributed by atoms with Crippen molar-refractivity contribution in [1.82, 2.24) is 10.3 Å². The topological polar surface area (TPSA) is 63.2 Å². The van der Waals surface area contributed by atoms with E-state index in [9.17, 15) is 4.79 Å². The maximum atomic E-state index is 12.7. The molecule has 3 aromatic rings. The predicted molar refractivity (Wildman–Crippen MR) is 121 cm³/mol. The van der Waals surface area contributed by atoms with Gasteiger partial charge in [0.15, 0.2) is 0 Å². The molecule has 0 bridgehead atoms. The van der Waals surface area contributed by atoms with Gasteiger partial charge >= 0.3 is 0 Å². The fourth-order valence-electron chi connectivity index (χ4n) is 2.92. The number of amides is 1. The molecule has 0 aliphatic carbocycles. The molecule has 1 heterocycles. The van der Waals surface area contributed by atoms with Gasteiger partial charge in [-0.25, -0.2) is 4.98 Å². The molecule has 1 aromatic heterocycles. The third-order valence-electron chi connectivity index (χ3n) is 4.38. The number of nitrogens with zero attached hydrogens (tertiary/aromatic N) is 1. The Bertz CT molecular complexity index is 1050. The molecular weight excluding hydrogens is 406 g/mol. The number of hydrogen-bond donors (Lipinski definition) is 2. The predicted octanol–water partition coefficient (Wildman–Crippen LogP) is 5.22. The average molecular weight is 428 g/mol. The van der Waals surface area contributed by atoms with Crippen LogP contribution in [0.4, 0.5) is 5.69 Å². The molecule has 0 aliphatic heterocycles. The van der Waals surface area contributed by atoms with Crippen molar-refractivity contribution < 1.29 is 9.53 Å². The van der Waals surface area contributed by atoms with Gasteiger partial charge in [0.1, 0.15) is 0 Å². The molecule has 0 spiro atoms. The number of fused-ring (bicyclic) bond motifs is 1. The number of methoxy groups -OCH3 is 1. The third kappa shape index (κ3) is 5.22. The zero-order chi connectivity index (χ0) is 20.8. The summed E-state index contributed by atoms with van der Waals surface area (Å²) in [5.74, 6) is 0.398. The molecule has 2 aromatic carbocycles. The standard InChI is InChI=1S/C22H22ClN3O2S/c1-14(21(29-3)22(27)25-17-10-8-16(23)9-11-17)24-13-15-12-20(28-2)26-19-7-5-4-6-18(15)19/h4-12,24H,13H2,1-3H3,(H,25,27)/b21-14+. The minimum atomic E-state index is -0.165. The number of pyridine rings is 1. The highest BCUT2D eigenvalue weighted by atomic mass is 35.5. The number of anilines is 1. The molecule has 0 aliphatic rings. The number of para-hydroxylation sites is 1. The molecule has 1 amide bonds. The van der Waals surface area contributed by atoms with Gasteiger partial charge in [-0.3, -0.25) is 4.79 Å². The molecule has 0 saturated heterocycles. The summed E-state index contributed by atoms with van der Waals surface area (Å²) in [7, 11) is 1.60. The maximum Gasteiger partial charge on any atom is 0.263 e. The minimum Gasteiger partial charge on any atom is -0.481 e. The Kier molecular flexibility index (Phi) is 7.01. The smallest absolute Gasteiger partial charge is 0.263 e. The lowest BCUT2D eigenvalue weighted by Crippen LogP contribution is -2.19. The molecule has 5 nitrogen and oxygen atoms in total. The normalized spacial score (nSPS) is 11.7. The monoisotopic (exact) mass is 427 g/mol. The number of aromatic nitrogens is 1. The molecule has 0 unspecified atom stereocenters. The number of carbonyl (C=O) groups is 1. The van der Waals surface area contributed by atoms with Crippen molar-refractivity contribution in [2.45, 2.75) is 13.5 Å². The SMILES string of the molecule is COc1cc(CN/C(C)=C(/SC)C(=O)Nc2ccc(Cl)cc2)c2ccccc2n1. The minimum absolute atomic E-state index is 0.165. The van der Waals surface area contributed by atoms with E-state index in [2.05, 4.69) is 15.6 Å². The quantitative estimate of drug-likeness (QED) is 0.506. The van der Waals surface area contributed by atoms with Crippen LogP contribution in [0.5, 0.6) is 5.88 Å². The highest BCUT2D eigenvalue weighted by molar-refractivity contribution is 8.03. The van der Waals surface area contributed by atoms with E-state index in [-0.39, 0.29) is 5.91 Å². The van der Waals surface area contributed by atoms with Crippen LogP contribution in [0.3, 0.4) is 0 Å². The fraction of sp³-hybridized carbons (Fsp3) is 0.182. The van der Waals surface area contributed by atoms with Crippen LogP contribution < -0.4 is 15.4 Å². The lowest BCUT2D eigenvalue weighted by molar-refractivity contribution is -0.112. The second-order valence-electron chi connectivity index (χ2n) is 6.31. The molecule has 29 heavy (non-hydrogen) atoms. The maximum absolute atomic E-state index is 12.7. The van der Waals surface area contributed by atoms with E-state index in [0.717, 1.165) is 22.2 Å². The average Bonchev–Trinajstić information content (AvgIpc) is 2.74.